The normalized spacial score (nSPS) is 25.0. The van der Waals surface area contributed by atoms with E-state index < -0.39 is 0 Å². The van der Waals surface area contributed by atoms with E-state index in [1.54, 1.807) is 11.9 Å². The van der Waals surface area contributed by atoms with E-state index in [0.717, 1.165) is 38.4 Å². The third-order valence-electron chi connectivity index (χ3n) is 5.17. The summed E-state index contributed by atoms with van der Waals surface area (Å²) in [5.74, 6) is -0.0533. The molecule has 3 rings (SSSR count). The molecule has 0 bridgehead atoms. The largest absolute Gasteiger partial charge is 0.379 e. The van der Waals surface area contributed by atoms with Gasteiger partial charge in [-0.15, -0.1) is 0 Å². The minimum Gasteiger partial charge on any atom is -0.379 e. The molecule has 2 amide bonds. The maximum absolute atomic E-state index is 12.8. The SMILES string of the molecule is CN1C(=O)CC[C@H](C(=O)NCCN2CCOCC2)[C@H]1c1ccccc1. The summed E-state index contributed by atoms with van der Waals surface area (Å²) in [7, 11) is 1.80. The first kappa shape index (κ1) is 17.9. The molecule has 2 aliphatic heterocycles. The first-order chi connectivity index (χ1) is 12.2. The molecule has 2 aliphatic rings. The zero-order valence-electron chi connectivity index (χ0n) is 14.8. The van der Waals surface area contributed by atoms with E-state index in [9.17, 15) is 9.59 Å². The van der Waals surface area contributed by atoms with Crippen molar-refractivity contribution in [3.63, 3.8) is 0 Å². The Hall–Kier alpha value is -1.92. The Morgan fingerprint density at radius 1 is 1.24 bits per heavy atom. The van der Waals surface area contributed by atoms with Gasteiger partial charge >= 0.3 is 0 Å². The fourth-order valence-corrected chi connectivity index (χ4v) is 3.71. The quantitative estimate of drug-likeness (QED) is 0.866. The second-order valence-electron chi connectivity index (χ2n) is 6.75. The van der Waals surface area contributed by atoms with Crippen LogP contribution < -0.4 is 5.32 Å². The van der Waals surface area contributed by atoms with Gasteiger partial charge in [0, 0.05) is 39.6 Å². The minimum atomic E-state index is -0.199. The summed E-state index contributed by atoms with van der Waals surface area (Å²) in [6.45, 7) is 4.84. The van der Waals surface area contributed by atoms with Crippen LogP contribution >= 0.6 is 0 Å². The van der Waals surface area contributed by atoms with Crippen LogP contribution in [0.2, 0.25) is 0 Å². The average Bonchev–Trinajstić information content (AvgIpc) is 2.65. The van der Waals surface area contributed by atoms with E-state index >= 15 is 0 Å². The summed E-state index contributed by atoms with van der Waals surface area (Å²) >= 11 is 0. The van der Waals surface area contributed by atoms with Crippen LogP contribution in [0.15, 0.2) is 30.3 Å². The van der Waals surface area contributed by atoms with Crippen molar-refractivity contribution in [2.75, 3.05) is 46.4 Å². The van der Waals surface area contributed by atoms with Gasteiger partial charge in [-0.05, 0) is 12.0 Å². The van der Waals surface area contributed by atoms with Gasteiger partial charge in [0.2, 0.25) is 11.8 Å². The second-order valence-corrected chi connectivity index (χ2v) is 6.75. The molecule has 2 saturated heterocycles. The standard InChI is InChI=1S/C19H27N3O3/c1-21-17(23)8-7-16(18(21)15-5-3-2-4-6-15)19(24)20-9-10-22-11-13-25-14-12-22/h2-6,16,18H,7-14H2,1H3,(H,20,24)/t16-,18+/m0/s1. The molecule has 1 N–H and O–H groups in total. The number of hydrogen-bond donors (Lipinski definition) is 1. The molecule has 0 saturated carbocycles. The highest BCUT2D eigenvalue weighted by atomic mass is 16.5. The molecule has 1 aromatic carbocycles. The minimum absolute atomic E-state index is 0.0430. The van der Waals surface area contributed by atoms with E-state index in [1.165, 1.54) is 0 Å². The summed E-state index contributed by atoms with van der Waals surface area (Å²) in [4.78, 5) is 29.0. The van der Waals surface area contributed by atoms with E-state index in [1.807, 2.05) is 30.3 Å². The van der Waals surface area contributed by atoms with Crippen molar-refractivity contribution in [3.8, 4) is 0 Å². The highest BCUT2D eigenvalue weighted by Crippen LogP contribution is 2.35. The van der Waals surface area contributed by atoms with Crippen molar-refractivity contribution in [2.24, 2.45) is 5.92 Å². The highest BCUT2D eigenvalue weighted by molar-refractivity contribution is 5.84. The van der Waals surface area contributed by atoms with Gasteiger partial charge in [-0.25, -0.2) is 0 Å². The van der Waals surface area contributed by atoms with Crippen LogP contribution in [0.4, 0.5) is 0 Å². The van der Waals surface area contributed by atoms with E-state index in [2.05, 4.69) is 10.2 Å². The first-order valence-corrected chi connectivity index (χ1v) is 9.05. The van der Waals surface area contributed by atoms with Crippen LogP contribution in [-0.2, 0) is 14.3 Å². The van der Waals surface area contributed by atoms with Gasteiger partial charge in [0.1, 0.15) is 0 Å². The smallest absolute Gasteiger partial charge is 0.225 e. The molecule has 0 aromatic heterocycles. The highest BCUT2D eigenvalue weighted by Gasteiger charge is 2.38. The van der Waals surface area contributed by atoms with Crippen LogP contribution in [0.25, 0.3) is 0 Å². The maximum atomic E-state index is 12.8. The van der Waals surface area contributed by atoms with Gasteiger partial charge in [-0.3, -0.25) is 14.5 Å². The van der Waals surface area contributed by atoms with Crippen molar-refractivity contribution < 1.29 is 14.3 Å². The third kappa shape index (κ3) is 4.38. The Kier molecular flexibility index (Phi) is 6.04. The zero-order valence-corrected chi connectivity index (χ0v) is 14.8. The van der Waals surface area contributed by atoms with E-state index in [-0.39, 0.29) is 23.8 Å². The second kappa shape index (κ2) is 8.45. The summed E-state index contributed by atoms with van der Waals surface area (Å²) in [6.07, 6.45) is 1.04. The number of ether oxygens (including phenoxy) is 1. The number of rotatable bonds is 5. The van der Waals surface area contributed by atoms with Crippen LogP contribution in [-0.4, -0.2) is 68.1 Å². The Labute approximate surface area is 149 Å². The van der Waals surface area contributed by atoms with Crippen molar-refractivity contribution in [1.82, 2.24) is 15.1 Å². The predicted molar refractivity (Wildman–Crippen MR) is 94.9 cm³/mol. The molecule has 2 atom stereocenters. The number of carbonyl (C=O) groups is 2. The topological polar surface area (TPSA) is 61.9 Å². The lowest BCUT2D eigenvalue weighted by Crippen LogP contribution is -2.48. The number of benzene rings is 1. The number of morpholine rings is 1. The molecule has 2 heterocycles. The van der Waals surface area contributed by atoms with Crippen molar-refractivity contribution in [1.29, 1.82) is 0 Å². The summed E-state index contributed by atoms with van der Waals surface area (Å²) in [5, 5.41) is 3.08. The summed E-state index contributed by atoms with van der Waals surface area (Å²) in [6, 6.07) is 9.66. The van der Waals surface area contributed by atoms with Crippen LogP contribution in [0.5, 0.6) is 0 Å². The number of carbonyl (C=O) groups excluding carboxylic acids is 2. The molecular formula is C19H27N3O3. The van der Waals surface area contributed by atoms with Crippen LogP contribution in [0.3, 0.4) is 0 Å². The lowest BCUT2D eigenvalue weighted by Gasteiger charge is -2.38. The molecule has 136 valence electrons. The average molecular weight is 345 g/mol. The van der Waals surface area contributed by atoms with E-state index in [0.29, 0.717) is 19.4 Å². The van der Waals surface area contributed by atoms with Gasteiger partial charge in [-0.2, -0.15) is 0 Å². The van der Waals surface area contributed by atoms with Crippen molar-refractivity contribution in [2.45, 2.75) is 18.9 Å². The number of amides is 2. The number of hydrogen-bond acceptors (Lipinski definition) is 4. The van der Waals surface area contributed by atoms with Gasteiger partial charge < -0.3 is 15.0 Å². The molecular weight excluding hydrogens is 318 g/mol. The Balaban J connectivity index is 1.61. The predicted octanol–water partition coefficient (Wildman–Crippen LogP) is 1.04. The van der Waals surface area contributed by atoms with Gasteiger partial charge in [0.05, 0.1) is 25.2 Å². The molecule has 0 aliphatic carbocycles. The van der Waals surface area contributed by atoms with Gasteiger partial charge in [-0.1, -0.05) is 30.3 Å². The Morgan fingerprint density at radius 2 is 1.96 bits per heavy atom. The molecule has 0 spiro atoms. The fraction of sp³-hybridized carbons (Fsp3) is 0.579. The monoisotopic (exact) mass is 345 g/mol. The Morgan fingerprint density at radius 3 is 2.68 bits per heavy atom. The fourth-order valence-electron chi connectivity index (χ4n) is 3.71. The molecule has 6 heteroatoms. The molecule has 6 nitrogen and oxygen atoms in total. The number of nitrogens with zero attached hydrogens (tertiary/aromatic N) is 2. The molecule has 2 fully saturated rings. The lowest BCUT2D eigenvalue weighted by molar-refractivity contribution is -0.141. The molecule has 0 radical (unpaired) electrons. The summed E-state index contributed by atoms with van der Waals surface area (Å²) in [5.41, 5.74) is 1.02. The van der Waals surface area contributed by atoms with Gasteiger partial charge in [0.15, 0.2) is 0 Å². The van der Waals surface area contributed by atoms with E-state index in [4.69, 9.17) is 4.74 Å². The zero-order chi connectivity index (χ0) is 17.6. The molecule has 0 unspecified atom stereocenters. The molecule has 25 heavy (non-hydrogen) atoms. The third-order valence-corrected chi connectivity index (χ3v) is 5.17. The van der Waals surface area contributed by atoms with Crippen LogP contribution in [0.1, 0.15) is 24.4 Å². The van der Waals surface area contributed by atoms with Crippen LogP contribution in [0, 0.1) is 5.92 Å². The van der Waals surface area contributed by atoms with Crippen molar-refractivity contribution in [3.05, 3.63) is 35.9 Å². The first-order valence-electron chi connectivity index (χ1n) is 9.05. The number of likely N-dealkylation sites (tertiary alicyclic amines) is 1. The number of nitrogens with one attached hydrogen (secondary N) is 1. The lowest BCUT2D eigenvalue weighted by atomic mass is 9.84. The van der Waals surface area contributed by atoms with Crippen molar-refractivity contribution >= 4 is 11.8 Å². The summed E-state index contributed by atoms with van der Waals surface area (Å²) < 4.78 is 5.34. The molecule has 1 aromatic rings. The Bertz CT molecular complexity index is 587. The number of piperidine rings is 1. The maximum Gasteiger partial charge on any atom is 0.225 e. The van der Waals surface area contributed by atoms with Gasteiger partial charge in [0.25, 0.3) is 0 Å².